The van der Waals surface area contributed by atoms with Crippen molar-refractivity contribution >= 4 is 17.5 Å². The lowest BCUT2D eigenvalue weighted by molar-refractivity contribution is -0.120. The van der Waals surface area contributed by atoms with E-state index in [-0.39, 0.29) is 17.2 Å². The molecule has 30 heavy (non-hydrogen) atoms. The molecule has 1 N–H and O–H groups in total. The van der Waals surface area contributed by atoms with E-state index in [1.807, 2.05) is 4.90 Å². The van der Waals surface area contributed by atoms with Crippen LogP contribution in [0.1, 0.15) is 43.7 Å². The first-order valence-electron chi connectivity index (χ1n) is 10.8. The number of nitrogens with one attached hydrogen (secondary N) is 1. The first-order chi connectivity index (χ1) is 14.5. The van der Waals surface area contributed by atoms with Gasteiger partial charge in [0.15, 0.2) is 0 Å². The molecule has 0 saturated carbocycles. The monoisotopic (exact) mass is 406 g/mol. The first kappa shape index (κ1) is 20.6. The van der Waals surface area contributed by atoms with Gasteiger partial charge in [0.2, 0.25) is 11.8 Å². The van der Waals surface area contributed by atoms with Crippen LogP contribution in [0.4, 0.5) is 5.69 Å². The Balaban J connectivity index is 1.61. The van der Waals surface area contributed by atoms with E-state index < -0.39 is 0 Å². The molecule has 2 amide bonds. The Kier molecular flexibility index (Phi) is 5.91. The highest BCUT2D eigenvalue weighted by Crippen LogP contribution is 2.48. The van der Waals surface area contributed by atoms with E-state index in [9.17, 15) is 9.59 Å². The van der Waals surface area contributed by atoms with Crippen molar-refractivity contribution in [2.24, 2.45) is 0 Å². The van der Waals surface area contributed by atoms with Crippen molar-refractivity contribution in [3.63, 3.8) is 0 Å². The highest BCUT2D eigenvalue weighted by molar-refractivity contribution is 5.97. The molecule has 1 fully saturated rings. The van der Waals surface area contributed by atoms with Gasteiger partial charge in [-0.15, -0.1) is 0 Å². The van der Waals surface area contributed by atoms with Crippen molar-refractivity contribution in [2.45, 2.75) is 44.9 Å². The molecule has 0 aliphatic carbocycles. The minimum Gasteiger partial charge on any atom is -0.381 e. The third-order valence-corrected chi connectivity index (χ3v) is 6.40. The predicted molar refractivity (Wildman–Crippen MR) is 119 cm³/mol. The van der Waals surface area contributed by atoms with Gasteiger partial charge in [-0.3, -0.25) is 9.59 Å². The fraction of sp³-hybridized carbons (Fsp3) is 0.440. The Morgan fingerprint density at radius 2 is 1.77 bits per heavy atom. The van der Waals surface area contributed by atoms with Gasteiger partial charge in [-0.25, -0.2) is 0 Å². The summed E-state index contributed by atoms with van der Waals surface area (Å²) in [7, 11) is 0. The fourth-order valence-corrected chi connectivity index (χ4v) is 4.65. The summed E-state index contributed by atoms with van der Waals surface area (Å²) >= 11 is 0. The first-order valence-corrected chi connectivity index (χ1v) is 10.8. The van der Waals surface area contributed by atoms with Crippen LogP contribution in [0, 0.1) is 6.92 Å². The summed E-state index contributed by atoms with van der Waals surface area (Å²) in [5.41, 5.74) is 5.93. The minimum absolute atomic E-state index is 0.0262. The number of nitrogens with zero attached hydrogens (tertiary/aromatic N) is 1. The standard InChI is InChI=1S/C25H30N2O3/c1-18-5-7-20(8-6-18)21-9-10-23-22(16-21)25(11-14-30-15-12-25)17-27(23)24(29)4-3-13-26-19(2)28/h5-10,16H,3-4,11-15,17H2,1-2H3,(H,26,28). The number of ether oxygens (including phenoxy) is 1. The summed E-state index contributed by atoms with van der Waals surface area (Å²) < 4.78 is 5.65. The van der Waals surface area contributed by atoms with Gasteiger partial charge in [0.05, 0.1) is 0 Å². The molecule has 0 aromatic heterocycles. The van der Waals surface area contributed by atoms with Crippen LogP contribution in [0.5, 0.6) is 0 Å². The molecule has 0 bridgehead atoms. The number of hydrogen-bond donors (Lipinski definition) is 1. The van der Waals surface area contributed by atoms with Gasteiger partial charge in [-0.2, -0.15) is 0 Å². The summed E-state index contributed by atoms with van der Waals surface area (Å²) in [6.45, 7) is 6.32. The number of amides is 2. The maximum absolute atomic E-state index is 13.1. The fourth-order valence-electron chi connectivity index (χ4n) is 4.65. The van der Waals surface area contributed by atoms with E-state index in [1.54, 1.807) is 0 Å². The second-order valence-electron chi connectivity index (χ2n) is 8.56. The topological polar surface area (TPSA) is 58.6 Å². The predicted octanol–water partition coefficient (Wildman–Crippen LogP) is 3.97. The van der Waals surface area contributed by atoms with Crippen LogP contribution < -0.4 is 10.2 Å². The Bertz CT molecular complexity index is 930. The molecule has 2 heterocycles. The number of benzene rings is 2. The zero-order valence-corrected chi connectivity index (χ0v) is 17.9. The molecule has 0 atom stereocenters. The van der Waals surface area contributed by atoms with E-state index >= 15 is 0 Å². The Hall–Kier alpha value is -2.66. The number of carbonyl (C=O) groups excluding carboxylic acids is 2. The van der Waals surface area contributed by atoms with Gasteiger partial charge in [0.25, 0.3) is 0 Å². The van der Waals surface area contributed by atoms with Crippen molar-refractivity contribution in [3.8, 4) is 11.1 Å². The number of hydrogen-bond acceptors (Lipinski definition) is 3. The molecule has 5 nitrogen and oxygen atoms in total. The third kappa shape index (κ3) is 4.12. The molecule has 158 valence electrons. The third-order valence-electron chi connectivity index (χ3n) is 6.40. The van der Waals surface area contributed by atoms with E-state index in [0.717, 1.165) is 38.3 Å². The van der Waals surface area contributed by atoms with Gasteiger partial charge in [-0.1, -0.05) is 35.9 Å². The zero-order valence-electron chi connectivity index (χ0n) is 17.9. The lowest BCUT2D eigenvalue weighted by Gasteiger charge is -2.34. The van der Waals surface area contributed by atoms with E-state index in [4.69, 9.17) is 4.74 Å². The highest BCUT2D eigenvalue weighted by atomic mass is 16.5. The van der Waals surface area contributed by atoms with Crippen LogP contribution in [-0.4, -0.2) is 38.1 Å². The van der Waals surface area contributed by atoms with Crippen molar-refractivity contribution in [1.29, 1.82) is 0 Å². The van der Waals surface area contributed by atoms with Crippen molar-refractivity contribution < 1.29 is 14.3 Å². The summed E-state index contributed by atoms with van der Waals surface area (Å²) in [5.74, 6) is 0.0758. The Labute approximate surface area is 178 Å². The van der Waals surface area contributed by atoms with Gasteiger partial charge < -0.3 is 15.0 Å². The molecular weight excluding hydrogens is 376 g/mol. The summed E-state index contributed by atoms with van der Waals surface area (Å²) in [6.07, 6.45) is 2.97. The largest absolute Gasteiger partial charge is 0.381 e. The molecule has 4 rings (SSSR count). The molecule has 0 unspecified atom stereocenters. The SMILES string of the molecule is CC(=O)NCCCC(=O)N1CC2(CCOCC2)c2cc(-c3ccc(C)cc3)ccc21. The molecule has 0 radical (unpaired) electrons. The average Bonchev–Trinajstić information content (AvgIpc) is 3.05. The van der Waals surface area contributed by atoms with Crippen LogP contribution in [0.15, 0.2) is 42.5 Å². The lowest BCUT2D eigenvalue weighted by Crippen LogP contribution is -2.40. The van der Waals surface area contributed by atoms with Crippen LogP contribution in [-0.2, 0) is 19.7 Å². The maximum Gasteiger partial charge on any atom is 0.227 e. The Morgan fingerprint density at radius 3 is 2.47 bits per heavy atom. The molecule has 2 aromatic rings. The van der Waals surface area contributed by atoms with Crippen LogP contribution in [0.25, 0.3) is 11.1 Å². The number of anilines is 1. The van der Waals surface area contributed by atoms with E-state index in [1.165, 1.54) is 29.2 Å². The lowest BCUT2D eigenvalue weighted by atomic mass is 9.75. The molecule has 1 spiro atoms. The maximum atomic E-state index is 13.1. The summed E-state index contributed by atoms with van der Waals surface area (Å²) in [4.78, 5) is 26.1. The molecule has 5 heteroatoms. The second-order valence-corrected chi connectivity index (χ2v) is 8.56. The van der Waals surface area contributed by atoms with Gasteiger partial charge in [0, 0.05) is 50.8 Å². The molecule has 2 aliphatic rings. The highest BCUT2D eigenvalue weighted by Gasteiger charge is 2.45. The zero-order chi connectivity index (χ0) is 21.1. The molecule has 1 saturated heterocycles. The van der Waals surface area contributed by atoms with Gasteiger partial charge in [-0.05, 0) is 55.0 Å². The van der Waals surface area contributed by atoms with Crippen molar-refractivity contribution in [2.75, 3.05) is 31.2 Å². The quantitative estimate of drug-likeness (QED) is 0.765. The molecule has 2 aromatic carbocycles. The summed E-state index contributed by atoms with van der Waals surface area (Å²) in [5, 5.41) is 2.77. The molecule has 2 aliphatic heterocycles. The normalized spacial score (nSPS) is 17.1. The van der Waals surface area contributed by atoms with E-state index in [2.05, 4.69) is 54.7 Å². The minimum atomic E-state index is -0.0567. The number of aryl methyl sites for hydroxylation is 1. The van der Waals surface area contributed by atoms with Crippen LogP contribution in [0.2, 0.25) is 0 Å². The summed E-state index contributed by atoms with van der Waals surface area (Å²) in [6, 6.07) is 15.1. The van der Waals surface area contributed by atoms with E-state index in [0.29, 0.717) is 19.4 Å². The number of rotatable bonds is 5. The van der Waals surface area contributed by atoms with Gasteiger partial charge in [0.1, 0.15) is 0 Å². The second kappa shape index (κ2) is 8.60. The number of carbonyl (C=O) groups is 2. The van der Waals surface area contributed by atoms with Crippen molar-refractivity contribution in [3.05, 3.63) is 53.6 Å². The number of fused-ring (bicyclic) bond motifs is 2. The molecular formula is C25H30N2O3. The average molecular weight is 407 g/mol. The van der Waals surface area contributed by atoms with Crippen LogP contribution in [0.3, 0.4) is 0 Å². The Morgan fingerprint density at radius 1 is 1.07 bits per heavy atom. The van der Waals surface area contributed by atoms with Gasteiger partial charge >= 0.3 is 0 Å². The van der Waals surface area contributed by atoms with Crippen molar-refractivity contribution in [1.82, 2.24) is 5.32 Å². The van der Waals surface area contributed by atoms with Crippen LogP contribution >= 0.6 is 0 Å². The smallest absolute Gasteiger partial charge is 0.227 e.